The minimum Gasteiger partial charge on any atom is -0.496 e. The second-order valence-corrected chi connectivity index (χ2v) is 5.07. The third-order valence-electron chi connectivity index (χ3n) is 3.04. The summed E-state index contributed by atoms with van der Waals surface area (Å²) in [5, 5.41) is 0. The number of rotatable bonds is 4. The molecule has 1 aromatic carbocycles. The van der Waals surface area contributed by atoms with Crippen molar-refractivity contribution in [3.05, 3.63) is 42.0 Å². The second-order valence-electron chi connectivity index (χ2n) is 5.07. The van der Waals surface area contributed by atoms with E-state index in [-0.39, 0.29) is 13.1 Å². The molecule has 1 atom stereocenters. The number of carbonyl (C=O) groups is 3. The smallest absolute Gasteiger partial charge is 0.496 e. The standard InChI is InChI=1S/C15H15BFNO5/c1-18-9-13(20)22-16(23-14(21)10-18)15(17)12(19)8-7-11-5-3-2-4-6-11/h2-8,15H,9-10H2,1H3/b8-7+/t15-/m0/s1. The SMILES string of the molecule is CN1CC(=O)OB([C@@H](F)C(=O)/C=C/c2ccccc2)OC(=O)C1. The number of hydrogen-bond donors (Lipinski definition) is 0. The van der Waals surface area contributed by atoms with Gasteiger partial charge < -0.3 is 9.31 Å². The van der Waals surface area contributed by atoms with Crippen molar-refractivity contribution < 1.29 is 28.1 Å². The fourth-order valence-corrected chi connectivity index (χ4v) is 1.94. The normalized spacial score (nSPS) is 18.1. The lowest BCUT2D eigenvalue weighted by Gasteiger charge is -2.23. The van der Waals surface area contributed by atoms with Crippen molar-refractivity contribution in [3.8, 4) is 0 Å². The van der Waals surface area contributed by atoms with Crippen LogP contribution in [-0.4, -0.2) is 55.9 Å². The van der Waals surface area contributed by atoms with E-state index in [2.05, 4.69) is 0 Å². The number of alkyl halides is 1. The fraction of sp³-hybridized carbons (Fsp3) is 0.267. The Morgan fingerprint density at radius 2 is 1.78 bits per heavy atom. The largest absolute Gasteiger partial charge is 0.644 e. The summed E-state index contributed by atoms with van der Waals surface area (Å²) in [7, 11) is -0.347. The van der Waals surface area contributed by atoms with Crippen LogP contribution >= 0.6 is 0 Å². The fourth-order valence-electron chi connectivity index (χ4n) is 1.94. The zero-order chi connectivity index (χ0) is 16.8. The molecule has 0 N–H and O–H groups in total. The van der Waals surface area contributed by atoms with Crippen molar-refractivity contribution in [1.29, 1.82) is 0 Å². The molecule has 0 aromatic heterocycles. The van der Waals surface area contributed by atoms with E-state index >= 15 is 0 Å². The summed E-state index contributed by atoms with van der Waals surface area (Å²) in [5.74, 6) is -2.49. The Hall–Kier alpha value is -2.48. The van der Waals surface area contributed by atoms with Crippen LogP contribution in [0, 0.1) is 0 Å². The third kappa shape index (κ3) is 5.03. The number of nitrogens with zero attached hydrogens (tertiary/aromatic N) is 1. The predicted molar refractivity (Wildman–Crippen MR) is 80.8 cm³/mol. The van der Waals surface area contributed by atoms with E-state index in [1.54, 1.807) is 24.3 Å². The highest BCUT2D eigenvalue weighted by Gasteiger charge is 2.43. The van der Waals surface area contributed by atoms with E-state index in [0.29, 0.717) is 5.56 Å². The molecule has 23 heavy (non-hydrogen) atoms. The molecule has 2 rings (SSSR count). The van der Waals surface area contributed by atoms with Gasteiger partial charge in [0.2, 0.25) is 6.07 Å². The van der Waals surface area contributed by atoms with E-state index in [1.807, 2.05) is 6.07 Å². The number of ketones is 1. The Kier molecular flexibility index (Phi) is 5.64. The van der Waals surface area contributed by atoms with Gasteiger partial charge in [-0.25, -0.2) is 4.39 Å². The summed E-state index contributed by atoms with van der Waals surface area (Å²) in [5.41, 5.74) is 0.710. The molecule has 0 amide bonds. The average Bonchev–Trinajstić information content (AvgIpc) is 2.50. The molecular weight excluding hydrogens is 304 g/mol. The molecule has 0 radical (unpaired) electrons. The van der Waals surface area contributed by atoms with Gasteiger partial charge in [0.15, 0.2) is 5.78 Å². The first-order valence-electron chi connectivity index (χ1n) is 6.94. The second kappa shape index (κ2) is 7.69. The molecule has 1 fully saturated rings. The van der Waals surface area contributed by atoms with Gasteiger partial charge in [0.1, 0.15) is 0 Å². The van der Waals surface area contributed by atoms with E-state index in [4.69, 9.17) is 9.31 Å². The van der Waals surface area contributed by atoms with Crippen molar-refractivity contribution in [1.82, 2.24) is 4.90 Å². The van der Waals surface area contributed by atoms with Crippen molar-refractivity contribution in [2.75, 3.05) is 20.1 Å². The van der Waals surface area contributed by atoms with Crippen LogP contribution in [0.25, 0.3) is 6.08 Å². The Bertz CT molecular complexity index is 602. The molecule has 0 bridgehead atoms. The van der Waals surface area contributed by atoms with Crippen LogP contribution in [0.15, 0.2) is 36.4 Å². The summed E-state index contributed by atoms with van der Waals surface area (Å²) in [6, 6.07) is 8.82. The van der Waals surface area contributed by atoms with Crippen LogP contribution in [0.2, 0.25) is 0 Å². The third-order valence-corrected chi connectivity index (χ3v) is 3.04. The first-order chi connectivity index (χ1) is 11.0. The van der Waals surface area contributed by atoms with Gasteiger partial charge >= 0.3 is 19.1 Å². The molecule has 1 aliphatic rings. The molecule has 6 nitrogen and oxygen atoms in total. The summed E-state index contributed by atoms with van der Waals surface area (Å²) in [4.78, 5) is 36.2. The first kappa shape index (κ1) is 16.9. The molecule has 0 saturated carbocycles. The number of carbonyl (C=O) groups excluding carboxylic acids is 3. The lowest BCUT2D eigenvalue weighted by Crippen LogP contribution is -2.48. The minimum atomic E-state index is -2.27. The summed E-state index contributed by atoms with van der Waals surface area (Å²) >= 11 is 0. The van der Waals surface area contributed by atoms with Crippen LogP contribution < -0.4 is 0 Å². The molecule has 0 spiro atoms. The van der Waals surface area contributed by atoms with Crippen molar-refractivity contribution in [2.24, 2.45) is 0 Å². The number of halogens is 1. The zero-order valence-electron chi connectivity index (χ0n) is 12.5. The van der Waals surface area contributed by atoms with E-state index in [0.717, 1.165) is 6.08 Å². The number of hydrogen-bond acceptors (Lipinski definition) is 6. The predicted octanol–water partition coefficient (Wildman–Crippen LogP) is 0.666. The lowest BCUT2D eigenvalue weighted by molar-refractivity contribution is -0.146. The van der Waals surface area contributed by atoms with Gasteiger partial charge in [-0.15, -0.1) is 0 Å². The van der Waals surface area contributed by atoms with Gasteiger partial charge in [-0.2, -0.15) is 0 Å². The van der Waals surface area contributed by atoms with Gasteiger partial charge in [-0.3, -0.25) is 19.3 Å². The van der Waals surface area contributed by atoms with Crippen LogP contribution in [0.3, 0.4) is 0 Å². The molecule has 8 heteroatoms. The van der Waals surface area contributed by atoms with Crippen molar-refractivity contribution >= 4 is 30.9 Å². The molecule has 1 saturated heterocycles. The van der Waals surface area contributed by atoms with Gasteiger partial charge in [-0.05, 0) is 18.7 Å². The Labute approximate surface area is 133 Å². The van der Waals surface area contributed by atoms with E-state index < -0.39 is 30.9 Å². The molecule has 120 valence electrons. The highest BCUT2D eigenvalue weighted by molar-refractivity contribution is 6.56. The number of likely N-dealkylation sites (N-methyl/N-ethyl adjacent to an activating group) is 1. The molecular formula is C15H15BFNO5. The van der Waals surface area contributed by atoms with Crippen molar-refractivity contribution in [3.63, 3.8) is 0 Å². The molecule has 0 aliphatic carbocycles. The van der Waals surface area contributed by atoms with Gasteiger partial charge in [0.25, 0.3) is 0 Å². The number of benzene rings is 1. The maximum absolute atomic E-state index is 14.2. The highest BCUT2D eigenvalue weighted by atomic mass is 19.1. The Morgan fingerprint density at radius 3 is 2.35 bits per heavy atom. The van der Waals surface area contributed by atoms with Crippen LogP contribution in [0.5, 0.6) is 0 Å². The van der Waals surface area contributed by atoms with Crippen molar-refractivity contribution in [2.45, 2.75) is 6.07 Å². The zero-order valence-corrected chi connectivity index (χ0v) is 12.5. The Balaban J connectivity index is 2.03. The maximum atomic E-state index is 14.2. The van der Waals surface area contributed by atoms with Crippen LogP contribution in [-0.2, 0) is 23.7 Å². The topological polar surface area (TPSA) is 72.9 Å². The summed E-state index contributed by atoms with van der Waals surface area (Å²) in [6.07, 6.45) is 0.174. The minimum absolute atomic E-state index is 0.188. The van der Waals surface area contributed by atoms with E-state index in [9.17, 15) is 18.8 Å². The molecule has 0 unspecified atom stereocenters. The molecule has 1 heterocycles. The summed E-state index contributed by atoms with van der Waals surface area (Å²) < 4.78 is 23.6. The Morgan fingerprint density at radius 1 is 1.22 bits per heavy atom. The quantitative estimate of drug-likeness (QED) is 0.600. The highest BCUT2D eigenvalue weighted by Crippen LogP contribution is 2.10. The van der Waals surface area contributed by atoms with Crippen LogP contribution in [0.1, 0.15) is 5.56 Å². The van der Waals surface area contributed by atoms with Crippen LogP contribution in [0.4, 0.5) is 4.39 Å². The van der Waals surface area contributed by atoms with Gasteiger partial charge in [0, 0.05) is 0 Å². The maximum Gasteiger partial charge on any atom is 0.644 e. The summed E-state index contributed by atoms with van der Waals surface area (Å²) in [6.45, 7) is -0.376. The first-order valence-corrected chi connectivity index (χ1v) is 6.94. The molecule has 1 aromatic rings. The van der Waals surface area contributed by atoms with E-state index in [1.165, 1.54) is 18.0 Å². The number of allylic oxidation sites excluding steroid dienone is 1. The average molecular weight is 319 g/mol. The van der Waals surface area contributed by atoms with Gasteiger partial charge in [-0.1, -0.05) is 36.4 Å². The monoisotopic (exact) mass is 319 g/mol. The van der Waals surface area contributed by atoms with Gasteiger partial charge in [0.05, 0.1) is 13.1 Å². The lowest BCUT2D eigenvalue weighted by atomic mass is 9.79. The molecule has 1 aliphatic heterocycles.